The molecule has 4 rings (SSSR count). The highest BCUT2D eigenvalue weighted by atomic mass is 32.2. The molecule has 1 fully saturated rings. The number of aromatic nitrogens is 2. The number of hydrogen-bond donors (Lipinski definition) is 0. The average molecular weight is 356 g/mol. The fourth-order valence-corrected chi connectivity index (χ4v) is 4.64. The summed E-state index contributed by atoms with van der Waals surface area (Å²) in [5.41, 5.74) is 2.05. The Balaban J connectivity index is 1.43. The summed E-state index contributed by atoms with van der Waals surface area (Å²) in [6.07, 6.45) is 3.90. The Morgan fingerprint density at radius 3 is 2.40 bits per heavy atom. The third kappa shape index (κ3) is 3.18. The number of pyridine rings is 1. The van der Waals surface area contributed by atoms with Crippen LogP contribution in [0.15, 0.2) is 65.8 Å². The van der Waals surface area contributed by atoms with Crippen molar-refractivity contribution in [2.75, 3.05) is 26.2 Å². The lowest BCUT2D eigenvalue weighted by Gasteiger charge is -2.33. The molecule has 0 atom stereocenters. The second kappa shape index (κ2) is 6.59. The van der Waals surface area contributed by atoms with Gasteiger partial charge in [-0.1, -0.05) is 24.3 Å². The monoisotopic (exact) mass is 356 g/mol. The number of benzene rings is 1. The zero-order valence-electron chi connectivity index (χ0n) is 13.8. The van der Waals surface area contributed by atoms with Gasteiger partial charge < -0.3 is 4.40 Å². The Morgan fingerprint density at radius 2 is 1.64 bits per heavy atom. The SMILES string of the molecule is O=S(=O)(c1ccccc1)N1CCN(Cc2cnc3ccccn23)CC1. The Labute approximate surface area is 147 Å². The molecule has 1 aliphatic rings. The predicted molar refractivity (Wildman–Crippen MR) is 95.7 cm³/mol. The van der Waals surface area contributed by atoms with Gasteiger partial charge in [-0.15, -0.1) is 0 Å². The molecular weight excluding hydrogens is 336 g/mol. The van der Waals surface area contributed by atoms with Crippen LogP contribution in [-0.4, -0.2) is 53.2 Å². The van der Waals surface area contributed by atoms with Crippen LogP contribution in [0.3, 0.4) is 0 Å². The van der Waals surface area contributed by atoms with Crippen molar-refractivity contribution < 1.29 is 8.42 Å². The first-order chi connectivity index (χ1) is 12.1. The lowest BCUT2D eigenvalue weighted by molar-refractivity contribution is 0.179. The van der Waals surface area contributed by atoms with Crippen LogP contribution >= 0.6 is 0 Å². The molecule has 25 heavy (non-hydrogen) atoms. The van der Waals surface area contributed by atoms with E-state index in [0.29, 0.717) is 31.1 Å². The summed E-state index contributed by atoms with van der Waals surface area (Å²) in [5.74, 6) is 0. The van der Waals surface area contributed by atoms with Gasteiger partial charge in [0, 0.05) is 38.9 Å². The standard InChI is InChI=1S/C18H20N4O2S/c23-25(24,17-6-2-1-3-7-17)21-12-10-20(11-13-21)15-16-14-19-18-8-4-5-9-22(16)18/h1-9,14H,10-13,15H2. The largest absolute Gasteiger partial charge is 0.303 e. The first-order valence-corrected chi connectivity index (χ1v) is 9.77. The molecule has 130 valence electrons. The van der Waals surface area contributed by atoms with Gasteiger partial charge in [0.15, 0.2) is 0 Å². The Morgan fingerprint density at radius 1 is 0.920 bits per heavy atom. The molecule has 1 aromatic carbocycles. The minimum Gasteiger partial charge on any atom is -0.303 e. The molecule has 0 N–H and O–H groups in total. The van der Waals surface area contributed by atoms with Gasteiger partial charge in [0.2, 0.25) is 10.0 Å². The normalized spacial score (nSPS) is 17.1. The Kier molecular flexibility index (Phi) is 4.29. The van der Waals surface area contributed by atoms with Crippen LogP contribution in [0.1, 0.15) is 5.69 Å². The van der Waals surface area contributed by atoms with Crippen molar-refractivity contribution in [2.24, 2.45) is 0 Å². The molecule has 3 heterocycles. The summed E-state index contributed by atoms with van der Waals surface area (Å²) in [5, 5.41) is 0. The highest BCUT2D eigenvalue weighted by Gasteiger charge is 2.28. The van der Waals surface area contributed by atoms with Gasteiger partial charge in [0.05, 0.1) is 16.8 Å². The predicted octanol–water partition coefficient (Wildman–Crippen LogP) is 1.84. The van der Waals surface area contributed by atoms with Crippen molar-refractivity contribution in [3.05, 3.63) is 66.6 Å². The zero-order valence-corrected chi connectivity index (χ0v) is 14.6. The molecule has 0 unspecified atom stereocenters. The van der Waals surface area contributed by atoms with Gasteiger partial charge >= 0.3 is 0 Å². The quantitative estimate of drug-likeness (QED) is 0.716. The van der Waals surface area contributed by atoms with E-state index in [0.717, 1.165) is 17.9 Å². The van der Waals surface area contributed by atoms with Gasteiger partial charge in [-0.25, -0.2) is 13.4 Å². The minimum absolute atomic E-state index is 0.366. The van der Waals surface area contributed by atoms with Gasteiger partial charge in [-0.3, -0.25) is 4.90 Å². The summed E-state index contributed by atoms with van der Waals surface area (Å²) in [4.78, 5) is 7.05. The number of rotatable bonds is 4. The molecule has 6 nitrogen and oxygen atoms in total. The summed E-state index contributed by atoms with van der Waals surface area (Å²) in [6.45, 7) is 3.21. The van der Waals surface area contributed by atoms with E-state index in [9.17, 15) is 8.42 Å². The van der Waals surface area contributed by atoms with Gasteiger partial charge in [0.1, 0.15) is 5.65 Å². The first-order valence-electron chi connectivity index (χ1n) is 8.33. The lowest BCUT2D eigenvalue weighted by atomic mass is 10.3. The smallest absolute Gasteiger partial charge is 0.243 e. The molecule has 3 aromatic rings. The van der Waals surface area contributed by atoms with E-state index < -0.39 is 10.0 Å². The third-order valence-electron chi connectivity index (χ3n) is 4.59. The van der Waals surface area contributed by atoms with Crippen LogP contribution < -0.4 is 0 Å². The number of sulfonamides is 1. The molecule has 0 radical (unpaired) electrons. The molecule has 0 aliphatic carbocycles. The Hall–Kier alpha value is -2.22. The van der Waals surface area contributed by atoms with E-state index in [1.807, 2.05) is 36.7 Å². The summed E-state index contributed by atoms with van der Waals surface area (Å²) < 4.78 is 29.0. The van der Waals surface area contributed by atoms with Crippen LogP contribution in [0.25, 0.3) is 5.65 Å². The van der Waals surface area contributed by atoms with Gasteiger partial charge in [0.25, 0.3) is 0 Å². The highest BCUT2D eigenvalue weighted by molar-refractivity contribution is 7.89. The van der Waals surface area contributed by atoms with Crippen molar-refractivity contribution in [2.45, 2.75) is 11.4 Å². The van der Waals surface area contributed by atoms with Crippen molar-refractivity contribution in [1.82, 2.24) is 18.6 Å². The number of hydrogen-bond acceptors (Lipinski definition) is 4. The number of fused-ring (bicyclic) bond motifs is 1. The van der Waals surface area contributed by atoms with E-state index in [-0.39, 0.29) is 0 Å². The van der Waals surface area contributed by atoms with Crippen LogP contribution in [0, 0.1) is 0 Å². The topological polar surface area (TPSA) is 57.9 Å². The van der Waals surface area contributed by atoms with Gasteiger partial charge in [-0.2, -0.15) is 4.31 Å². The van der Waals surface area contributed by atoms with Gasteiger partial charge in [-0.05, 0) is 24.3 Å². The number of nitrogens with zero attached hydrogens (tertiary/aromatic N) is 4. The highest BCUT2D eigenvalue weighted by Crippen LogP contribution is 2.18. The molecule has 0 amide bonds. The molecule has 1 aliphatic heterocycles. The maximum Gasteiger partial charge on any atom is 0.243 e. The maximum atomic E-state index is 12.7. The molecule has 0 bridgehead atoms. The van der Waals surface area contributed by atoms with Crippen molar-refractivity contribution in [3.63, 3.8) is 0 Å². The van der Waals surface area contributed by atoms with Crippen molar-refractivity contribution in [1.29, 1.82) is 0 Å². The van der Waals surface area contributed by atoms with E-state index in [1.165, 1.54) is 0 Å². The third-order valence-corrected chi connectivity index (χ3v) is 6.50. The lowest BCUT2D eigenvalue weighted by Crippen LogP contribution is -2.48. The zero-order chi connectivity index (χ0) is 17.3. The number of imidazole rings is 1. The minimum atomic E-state index is -3.39. The molecule has 7 heteroatoms. The molecule has 2 aromatic heterocycles. The summed E-state index contributed by atoms with van der Waals surface area (Å²) >= 11 is 0. The Bertz CT molecular complexity index is 961. The summed E-state index contributed by atoms with van der Waals surface area (Å²) in [6, 6.07) is 14.6. The second-order valence-electron chi connectivity index (χ2n) is 6.17. The average Bonchev–Trinajstić information content (AvgIpc) is 3.06. The van der Waals surface area contributed by atoms with Crippen LogP contribution in [-0.2, 0) is 16.6 Å². The van der Waals surface area contributed by atoms with Crippen LogP contribution in [0.4, 0.5) is 0 Å². The maximum absolute atomic E-state index is 12.7. The van der Waals surface area contributed by atoms with Crippen molar-refractivity contribution >= 4 is 15.7 Å². The van der Waals surface area contributed by atoms with E-state index in [2.05, 4.69) is 14.3 Å². The van der Waals surface area contributed by atoms with Crippen molar-refractivity contribution in [3.8, 4) is 0 Å². The van der Waals surface area contributed by atoms with E-state index >= 15 is 0 Å². The number of piperazine rings is 1. The van der Waals surface area contributed by atoms with Crippen LogP contribution in [0.2, 0.25) is 0 Å². The first kappa shape index (κ1) is 16.3. The fourth-order valence-electron chi connectivity index (χ4n) is 3.20. The molecule has 0 saturated carbocycles. The fraction of sp³-hybridized carbons (Fsp3) is 0.278. The molecular formula is C18H20N4O2S. The van der Waals surface area contributed by atoms with E-state index in [1.54, 1.807) is 28.6 Å². The molecule has 1 saturated heterocycles. The van der Waals surface area contributed by atoms with E-state index in [4.69, 9.17) is 0 Å². The molecule has 0 spiro atoms. The second-order valence-corrected chi connectivity index (χ2v) is 8.11. The van der Waals surface area contributed by atoms with Crippen LogP contribution in [0.5, 0.6) is 0 Å². The summed E-state index contributed by atoms with van der Waals surface area (Å²) in [7, 11) is -3.39.